The average molecular weight is 533 g/mol. The quantitative estimate of drug-likeness (QED) is 0.440. The van der Waals surface area contributed by atoms with Gasteiger partial charge in [0.05, 0.1) is 12.5 Å². The second-order valence-electron chi connectivity index (χ2n) is 3.93. The van der Waals surface area contributed by atoms with Crippen LogP contribution in [0.15, 0.2) is 10.6 Å². The lowest BCUT2D eigenvalue weighted by Crippen LogP contribution is -2.52. The molecule has 0 aromatic carbocycles. The van der Waals surface area contributed by atoms with Crippen LogP contribution in [0.4, 0.5) is 0 Å². The first-order valence-electron chi connectivity index (χ1n) is 4.18. The molecule has 0 amide bonds. The topological polar surface area (TPSA) is 17.1 Å². The molecule has 0 radical (unpaired) electrons. The van der Waals surface area contributed by atoms with Gasteiger partial charge >= 0.3 is 0 Å². The number of hydrogen-bond donors (Lipinski definition) is 0. The Morgan fingerprint density at radius 2 is 1.87 bits per heavy atom. The molecule has 0 aromatic heterocycles. The zero-order valence-electron chi connectivity index (χ0n) is 8.03. The molecule has 0 aliphatic heterocycles. The third-order valence-electron chi connectivity index (χ3n) is 2.59. The van der Waals surface area contributed by atoms with Gasteiger partial charge in [-0.25, -0.2) is 0 Å². The summed E-state index contributed by atoms with van der Waals surface area (Å²) in [6, 6.07) is 0. The fourth-order valence-corrected chi connectivity index (χ4v) is 5.50. The third-order valence-corrected chi connectivity index (χ3v) is 8.49. The maximum absolute atomic E-state index is 11.9. The van der Waals surface area contributed by atoms with E-state index in [1.807, 2.05) is 13.0 Å². The first-order valence-corrected chi connectivity index (χ1v) is 8.51. The lowest BCUT2D eigenvalue weighted by Gasteiger charge is -2.44. The Kier molecular flexibility index (Phi) is 4.78. The van der Waals surface area contributed by atoms with Gasteiger partial charge in [-0.3, -0.25) is 4.79 Å². The number of carbonyl (C=O) groups excluding carboxylic acids is 1. The molecular weight excluding hydrogens is 524 g/mol. The van der Waals surface area contributed by atoms with E-state index in [0.717, 1.165) is 0 Å². The Morgan fingerprint density at radius 3 is 2.27 bits per heavy atom. The summed E-state index contributed by atoms with van der Waals surface area (Å²) < 4.78 is 0.0955. The standard InChI is InChI=1S/C9H9Br5O/c1-8(7(12)13)3-4(10)5(15)9(2,14)6(8)11/h3,6-7H,1-2H3. The highest BCUT2D eigenvalue weighted by Crippen LogP contribution is 2.52. The Labute approximate surface area is 131 Å². The molecule has 0 aromatic rings. The van der Waals surface area contributed by atoms with Crippen molar-refractivity contribution < 1.29 is 4.79 Å². The molecule has 1 aliphatic carbocycles. The van der Waals surface area contributed by atoms with Gasteiger partial charge in [-0.05, 0) is 22.9 Å². The predicted molar refractivity (Wildman–Crippen MR) is 81.8 cm³/mol. The number of alkyl halides is 4. The van der Waals surface area contributed by atoms with Gasteiger partial charge in [-0.1, -0.05) is 76.7 Å². The van der Waals surface area contributed by atoms with Gasteiger partial charge in [0.2, 0.25) is 0 Å². The highest BCUT2D eigenvalue weighted by Gasteiger charge is 2.53. The Hall–Kier alpha value is 1.81. The number of rotatable bonds is 1. The number of hydrogen-bond acceptors (Lipinski definition) is 1. The summed E-state index contributed by atoms with van der Waals surface area (Å²) in [7, 11) is 0. The summed E-state index contributed by atoms with van der Waals surface area (Å²) in [5.41, 5.74) is -0.203. The van der Waals surface area contributed by atoms with Crippen molar-refractivity contribution in [2.45, 2.75) is 26.7 Å². The number of halogens is 5. The van der Waals surface area contributed by atoms with Crippen molar-refractivity contribution in [2.24, 2.45) is 5.41 Å². The fraction of sp³-hybridized carbons (Fsp3) is 0.667. The van der Waals surface area contributed by atoms with Gasteiger partial charge in [-0.15, -0.1) is 0 Å². The van der Waals surface area contributed by atoms with Gasteiger partial charge in [0.1, 0.15) is 0 Å². The fourth-order valence-electron chi connectivity index (χ4n) is 1.52. The van der Waals surface area contributed by atoms with Crippen LogP contribution in [-0.2, 0) is 4.79 Å². The third kappa shape index (κ3) is 2.49. The Morgan fingerprint density at radius 1 is 1.40 bits per heavy atom. The molecule has 3 atom stereocenters. The van der Waals surface area contributed by atoms with Crippen molar-refractivity contribution in [2.75, 3.05) is 0 Å². The van der Waals surface area contributed by atoms with Crippen molar-refractivity contribution >= 4 is 85.4 Å². The maximum atomic E-state index is 11.9. The summed E-state index contributed by atoms with van der Waals surface area (Å²) in [6.45, 7) is 3.96. The Bertz CT molecular complexity index is 322. The van der Waals surface area contributed by atoms with Crippen molar-refractivity contribution in [3.8, 4) is 0 Å². The molecule has 0 N–H and O–H groups in total. The molecule has 0 bridgehead atoms. The molecule has 0 heterocycles. The number of Topliss-reactive ketones (excluding diaryl/α,β-unsaturated/α-hetero) is 1. The van der Waals surface area contributed by atoms with E-state index in [2.05, 4.69) is 86.6 Å². The zero-order valence-corrected chi connectivity index (χ0v) is 16.0. The van der Waals surface area contributed by atoms with Crippen LogP contribution in [0.3, 0.4) is 0 Å². The minimum atomic E-state index is -0.602. The largest absolute Gasteiger partial charge is 0.292 e. The molecule has 15 heavy (non-hydrogen) atoms. The van der Waals surface area contributed by atoms with Gasteiger partial charge < -0.3 is 0 Å². The summed E-state index contributed by atoms with van der Waals surface area (Å²) in [6.07, 6.45) is 1.94. The first-order chi connectivity index (χ1) is 6.64. The summed E-state index contributed by atoms with van der Waals surface area (Å²) in [5, 5.41) is 0. The van der Waals surface area contributed by atoms with E-state index in [4.69, 9.17) is 0 Å². The van der Waals surface area contributed by atoms with Gasteiger partial charge in [0.25, 0.3) is 0 Å². The Balaban J connectivity index is 3.31. The lowest BCUT2D eigenvalue weighted by atomic mass is 9.77. The van der Waals surface area contributed by atoms with E-state index in [1.54, 1.807) is 0 Å². The van der Waals surface area contributed by atoms with E-state index in [1.165, 1.54) is 0 Å². The van der Waals surface area contributed by atoms with E-state index < -0.39 is 4.32 Å². The van der Waals surface area contributed by atoms with Crippen LogP contribution < -0.4 is 0 Å². The molecule has 0 saturated carbocycles. The van der Waals surface area contributed by atoms with Crippen LogP contribution in [0.1, 0.15) is 13.8 Å². The summed E-state index contributed by atoms with van der Waals surface area (Å²) in [5.74, 6) is 0.0579. The van der Waals surface area contributed by atoms with E-state index >= 15 is 0 Å². The number of carbonyl (C=O) groups is 1. The van der Waals surface area contributed by atoms with Crippen molar-refractivity contribution in [3.05, 3.63) is 10.6 Å². The molecule has 0 spiro atoms. The van der Waals surface area contributed by atoms with Crippen LogP contribution >= 0.6 is 79.6 Å². The van der Waals surface area contributed by atoms with Gasteiger partial charge in [-0.2, -0.15) is 0 Å². The summed E-state index contributed by atoms with van der Waals surface area (Å²) in [4.78, 5) is 11.9. The molecule has 3 unspecified atom stereocenters. The average Bonchev–Trinajstić information content (AvgIpc) is 2.12. The highest BCUT2D eigenvalue weighted by molar-refractivity contribution is 9.24. The maximum Gasteiger partial charge on any atom is 0.187 e. The van der Waals surface area contributed by atoms with Crippen molar-refractivity contribution in [1.82, 2.24) is 0 Å². The van der Waals surface area contributed by atoms with Crippen molar-refractivity contribution in [3.63, 3.8) is 0 Å². The zero-order chi connectivity index (χ0) is 12.0. The minimum absolute atomic E-state index is 0.00458. The van der Waals surface area contributed by atoms with Crippen LogP contribution in [0.5, 0.6) is 0 Å². The lowest BCUT2D eigenvalue weighted by molar-refractivity contribution is -0.117. The van der Waals surface area contributed by atoms with Crippen LogP contribution in [-0.4, -0.2) is 18.7 Å². The molecule has 1 nitrogen and oxygen atoms in total. The van der Waals surface area contributed by atoms with E-state index in [-0.39, 0.29) is 19.8 Å². The van der Waals surface area contributed by atoms with E-state index in [0.29, 0.717) is 4.48 Å². The number of ketones is 1. The normalized spacial score (nSPS) is 42.0. The van der Waals surface area contributed by atoms with Crippen molar-refractivity contribution in [1.29, 1.82) is 0 Å². The number of allylic oxidation sites excluding steroid dienone is 2. The smallest absolute Gasteiger partial charge is 0.187 e. The molecule has 6 heteroatoms. The van der Waals surface area contributed by atoms with Crippen LogP contribution in [0.2, 0.25) is 0 Å². The molecule has 0 fully saturated rings. The van der Waals surface area contributed by atoms with Gasteiger partial charge in [0, 0.05) is 10.2 Å². The molecule has 0 saturated heterocycles. The second kappa shape index (κ2) is 4.82. The first kappa shape index (κ1) is 14.9. The molecule has 86 valence electrons. The molecule has 1 aliphatic rings. The monoisotopic (exact) mass is 528 g/mol. The molecular formula is C9H9Br5O. The van der Waals surface area contributed by atoms with Crippen LogP contribution in [0, 0.1) is 5.41 Å². The minimum Gasteiger partial charge on any atom is -0.292 e. The highest BCUT2D eigenvalue weighted by atomic mass is 79.9. The molecule has 1 rings (SSSR count). The van der Waals surface area contributed by atoms with E-state index in [9.17, 15) is 4.79 Å². The SMILES string of the molecule is CC1(Br)C(=O)C(Br)=CC(C)(C(Br)Br)C1Br. The summed E-state index contributed by atoms with van der Waals surface area (Å²) >= 11 is 17.5. The van der Waals surface area contributed by atoms with Crippen LogP contribution in [0.25, 0.3) is 0 Å². The second-order valence-corrected chi connectivity index (χ2v) is 10.4. The van der Waals surface area contributed by atoms with Gasteiger partial charge in [0.15, 0.2) is 5.78 Å². The predicted octanol–water partition coefficient (Wildman–Crippen LogP) is 4.89.